The molecule has 2 rings (SSSR count). The lowest BCUT2D eigenvalue weighted by Crippen LogP contribution is -2.18. The molecule has 0 amide bonds. The molecule has 1 aromatic rings. The van der Waals surface area contributed by atoms with Crippen molar-refractivity contribution in [3.63, 3.8) is 0 Å². The van der Waals surface area contributed by atoms with Crippen LogP contribution >= 0.6 is 0 Å². The van der Waals surface area contributed by atoms with Gasteiger partial charge in [-0.2, -0.15) is 5.26 Å². The number of nitriles is 1. The number of hydrogen-bond donors (Lipinski definition) is 3. The van der Waals surface area contributed by atoms with E-state index >= 15 is 0 Å². The van der Waals surface area contributed by atoms with E-state index in [9.17, 15) is 0 Å². The summed E-state index contributed by atoms with van der Waals surface area (Å²) >= 11 is 0. The van der Waals surface area contributed by atoms with Gasteiger partial charge in [0.1, 0.15) is 11.9 Å². The zero-order chi connectivity index (χ0) is 12.3. The molecule has 0 spiro atoms. The first kappa shape index (κ1) is 11.7. The molecule has 5 heteroatoms. The molecule has 0 unspecified atom stereocenters. The monoisotopic (exact) mass is 232 g/mol. The average Bonchev–Trinajstić information content (AvgIpc) is 3.08. The Morgan fingerprint density at radius 1 is 1.59 bits per heavy atom. The first-order valence-corrected chi connectivity index (χ1v) is 5.69. The summed E-state index contributed by atoms with van der Waals surface area (Å²) in [5.41, 5.74) is 6.72. The Balaban J connectivity index is 2.02. The molecule has 0 bridgehead atoms. The first-order valence-electron chi connectivity index (χ1n) is 5.69. The van der Waals surface area contributed by atoms with Crippen LogP contribution in [0.15, 0.2) is 12.3 Å². The van der Waals surface area contributed by atoms with E-state index in [1.54, 1.807) is 6.07 Å². The Morgan fingerprint density at radius 3 is 2.94 bits per heavy atom. The molecule has 1 heterocycles. The van der Waals surface area contributed by atoms with Crippen molar-refractivity contribution in [1.29, 1.82) is 5.26 Å². The van der Waals surface area contributed by atoms with Crippen LogP contribution in [-0.4, -0.2) is 23.2 Å². The molecule has 0 saturated heterocycles. The Hall–Kier alpha value is -1.80. The number of nitrogen functional groups attached to an aromatic ring is 1. The predicted octanol–water partition coefficient (Wildman–Crippen LogP) is 1.11. The van der Waals surface area contributed by atoms with Crippen molar-refractivity contribution in [1.82, 2.24) is 4.98 Å². The van der Waals surface area contributed by atoms with Gasteiger partial charge in [-0.15, -0.1) is 0 Å². The van der Waals surface area contributed by atoms with Crippen molar-refractivity contribution in [2.75, 3.05) is 24.2 Å². The normalized spacial score (nSPS) is 16.2. The van der Waals surface area contributed by atoms with Crippen LogP contribution in [0.1, 0.15) is 24.8 Å². The molecular weight excluding hydrogens is 216 g/mol. The van der Waals surface area contributed by atoms with E-state index < -0.39 is 0 Å². The van der Waals surface area contributed by atoms with Crippen LogP contribution in [0.2, 0.25) is 0 Å². The maximum Gasteiger partial charge on any atom is 0.144 e. The molecule has 5 nitrogen and oxygen atoms in total. The van der Waals surface area contributed by atoms with Crippen molar-refractivity contribution in [3.05, 3.63) is 17.8 Å². The lowest BCUT2D eigenvalue weighted by atomic mass is 10.0. The minimum Gasteiger partial charge on any atom is -0.397 e. The molecular formula is C12H16N4O. The number of nitrogens with zero attached hydrogens (tertiary/aromatic N) is 2. The third kappa shape index (κ3) is 2.66. The summed E-state index contributed by atoms with van der Waals surface area (Å²) in [6, 6.07) is 3.68. The van der Waals surface area contributed by atoms with Crippen LogP contribution < -0.4 is 11.1 Å². The maximum absolute atomic E-state index is 8.97. The van der Waals surface area contributed by atoms with E-state index in [0.717, 1.165) is 25.8 Å². The highest BCUT2D eigenvalue weighted by molar-refractivity contribution is 5.57. The van der Waals surface area contributed by atoms with Gasteiger partial charge in [-0.3, -0.25) is 0 Å². The zero-order valence-corrected chi connectivity index (χ0v) is 9.61. The number of aliphatic hydroxyl groups excluding tert-OH is 1. The van der Waals surface area contributed by atoms with Crippen LogP contribution in [0.3, 0.4) is 0 Å². The number of rotatable bonds is 5. The molecule has 90 valence electrons. The maximum atomic E-state index is 8.97. The van der Waals surface area contributed by atoms with Gasteiger partial charge in [0.15, 0.2) is 0 Å². The highest BCUT2D eigenvalue weighted by Gasteiger charge is 2.41. The molecule has 4 N–H and O–H groups in total. The summed E-state index contributed by atoms with van der Waals surface area (Å²) in [5.74, 6) is 0.575. The van der Waals surface area contributed by atoms with E-state index in [2.05, 4.69) is 16.4 Å². The molecule has 1 saturated carbocycles. The van der Waals surface area contributed by atoms with Crippen molar-refractivity contribution >= 4 is 11.5 Å². The Labute approximate surface area is 100 Å². The van der Waals surface area contributed by atoms with Crippen molar-refractivity contribution in [2.24, 2.45) is 5.41 Å². The molecule has 0 atom stereocenters. The van der Waals surface area contributed by atoms with Gasteiger partial charge in [0.2, 0.25) is 0 Å². The van der Waals surface area contributed by atoms with Crippen LogP contribution in [0.5, 0.6) is 0 Å². The Morgan fingerprint density at radius 2 is 2.35 bits per heavy atom. The van der Waals surface area contributed by atoms with Gasteiger partial charge >= 0.3 is 0 Å². The summed E-state index contributed by atoms with van der Waals surface area (Å²) < 4.78 is 0. The smallest absolute Gasteiger partial charge is 0.144 e. The third-order valence-electron chi connectivity index (χ3n) is 3.26. The van der Waals surface area contributed by atoms with Gasteiger partial charge in [0, 0.05) is 13.2 Å². The standard InChI is InChI=1S/C12H16N4O/c13-6-9-5-10(14)7-15-11(9)16-8-12(1-2-12)3-4-17/h5,7,17H,1-4,8,14H2,(H,15,16). The minimum absolute atomic E-state index is 0.199. The predicted molar refractivity (Wildman–Crippen MR) is 65.2 cm³/mol. The van der Waals surface area contributed by atoms with E-state index in [1.807, 2.05) is 0 Å². The van der Waals surface area contributed by atoms with Crippen LogP contribution in [0, 0.1) is 16.7 Å². The van der Waals surface area contributed by atoms with Gasteiger partial charge in [-0.1, -0.05) is 0 Å². The number of hydrogen-bond acceptors (Lipinski definition) is 5. The van der Waals surface area contributed by atoms with E-state index in [4.69, 9.17) is 16.1 Å². The molecule has 1 aliphatic rings. The third-order valence-corrected chi connectivity index (χ3v) is 3.26. The molecule has 1 fully saturated rings. The fourth-order valence-electron chi connectivity index (χ4n) is 1.91. The molecule has 1 aliphatic carbocycles. The summed E-state index contributed by atoms with van der Waals surface area (Å²) in [6.07, 6.45) is 4.58. The largest absolute Gasteiger partial charge is 0.397 e. The molecule has 0 aromatic carbocycles. The Bertz CT molecular complexity index is 448. The Kier molecular flexibility index (Phi) is 3.16. The molecule has 0 radical (unpaired) electrons. The highest BCUT2D eigenvalue weighted by atomic mass is 16.3. The highest BCUT2D eigenvalue weighted by Crippen LogP contribution is 2.48. The van der Waals surface area contributed by atoms with E-state index in [-0.39, 0.29) is 12.0 Å². The quantitative estimate of drug-likeness (QED) is 0.706. The van der Waals surface area contributed by atoms with Gasteiger partial charge in [0.25, 0.3) is 0 Å². The second-order valence-electron chi connectivity index (χ2n) is 4.60. The number of anilines is 2. The number of aromatic nitrogens is 1. The molecule has 0 aliphatic heterocycles. The van der Waals surface area contributed by atoms with Crippen LogP contribution in [0.4, 0.5) is 11.5 Å². The number of aliphatic hydroxyl groups is 1. The summed E-state index contributed by atoms with van der Waals surface area (Å²) in [5, 5.41) is 21.1. The van der Waals surface area contributed by atoms with E-state index in [1.165, 1.54) is 6.20 Å². The number of nitrogens with two attached hydrogens (primary N) is 1. The lowest BCUT2D eigenvalue weighted by Gasteiger charge is -2.15. The summed E-state index contributed by atoms with van der Waals surface area (Å²) in [7, 11) is 0. The lowest BCUT2D eigenvalue weighted by molar-refractivity contribution is 0.253. The molecule has 1 aromatic heterocycles. The SMILES string of the molecule is N#Cc1cc(N)cnc1NCC1(CCO)CC1. The fourth-order valence-corrected chi connectivity index (χ4v) is 1.91. The second kappa shape index (κ2) is 4.60. The van der Waals surface area contributed by atoms with Crippen LogP contribution in [0.25, 0.3) is 0 Å². The van der Waals surface area contributed by atoms with Crippen molar-refractivity contribution in [3.8, 4) is 6.07 Å². The summed E-state index contributed by atoms with van der Waals surface area (Å²) in [4.78, 5) is 4.12. The van der Waals surface area contributed by atoms with Gasteiger partial charge in [0.05, 0.1) is 17.4 Å². The van der Waals surface area contributed by atoms with Gasteiger partial charge in [-0.05, 0) is 30.7 Å². The summed E-state index contributed by atoms with van der Waals surface area (Å²) in [6.45, 7) is 0.959. The first-order chi connectivity index (χ1) is 8.19. The van der Waals surface area contributed by atoms with Gasteiger partial charge in [-0.25, -0.2) is 4.98 Å². The number of pyridine rings is 1. The topological polar surface area (TPSA) is 95.0 Å². The van der Waals surface area contributed by atoms with Crippen molar-refractivity contribution in [2.45, 2.75) is 19.3 Å². The van der Waals surface area contributed by atoms with Crippen LogP contribution in [-0.2, 0) is 0 Å². The van der Waals surface area contributed by atoms with Crippen molar-refractivity contribution < 1.29 is 5.11 Å². The van der Waals surface area contributed by atoms with E-state index in [0.29, 0.717) is 17.1 Å². The zero-order valence-electron chi connectivity index (χ0n) is 9.61. The minimum atomic E-state index is 0.199. The second-order valence-corrected chi connectivity index (χ2v) is 4.60. The molecule has 17 heavy (non-hydrogen) atoms. The van der Waals surface area contributed by atoms with Gasteiger partial charge < -0.3 is 16.2 Å². The fraction of sp³-hybridized carbons (Fsp3) is 0.500. The average molecular weight is 232 g/mol. The number of nitrogens with one attached hydrogen (secondary N) is 1.